The molecule has 110 valence electrons. The zero-order valence-electron chi connectivity index (χ0n) is 11.5. The van der Waals surface area contributed by atoms with E-state index in [0.717, 1.165) is 25.7 Å². The largest absolute Gasteiger partial charge is 0.371 e. The zero-order chi connectivity index (χ0) is 14.4. The van der Waals surface area contributed by atoms with Gasteiger partial charge in [0.05, 0.1) is 0 Å². The topological polar surface area (TPSA) is 75.5 Å². The average Bonchev–Trinajstić information content (AvgIpc) is 3.01. The van der Waals surface area contributed by atoms with Gasteiger partial charge in [-0.2, -0.15) is 0 Å². The SMILES string of the molecule is CNc1nc2sccn2c1S(=O)(=O)NC1(C)CCCC1. The minimum atomic E-state index is -3.60. The molecular formula is C12H18N4O2S2. The lowest BCUT2D eigenvalue weighted by Gasteiger charge is -2.24. The van der Waals surface area contributed by atoms with Crippen LogP contribution in [0.1, 0.15) is 32.6 Å². The molecule has 0 bridgehead atoms. The van der Waals surface area contributed by atoms with Crippen LogP contribution in [0.25, 0.3) is 4.96 Å². The quantitative estimate of drug-likeness (QED) is 0.905. The first-order valence-corrected chi connectivity index (χ1v) is 8.99. The smallest absolute Gasteiger partial charge is 0.260 e. The number of rotatable bonds is 4. The average molecular weight is 314 g/mol. The summed E-state index contributed by atoms with van der Waals surface area (Å²) in [5, 5.41) is 4.90. The molecule has 2 aromatic rings. The summed E-state index contributed by atoms with van der Waals surface area (Å²) in [4.78, 5) is 4.98. The van der Waals surface area contributed by atoms with Crippen LogP contribution in [-0.2, 0) is 10.0 Å². The molecule has 0 amide bonds. The Balaban J connectivity index is 2.06. The molecule has 0 aromatic carbocycles. The van der Waals surface area contributed by atoms with E-state index < -0.39 is 10.0 Å². The van der Waals surface area contributed by atoms with E-state index in [1.54, 1.807) is 17.6 Å². The highest BCUT2D eigenvalue weighted by molar-refractivity contribution is 7.89. The normalized spacial score (nSPS) is 18.7. The van der Waals surface area contributed by atoms with Crippen LogP contribution in [0.3, 0.4) is 0 Å². The van der Waals surface area contributed by atoms with Gasteiger partial charge in [-0.3, -0.25) is 4.40 Å². The Labute approximate surface area is 122 Å². The van der Waals surface area contributed by atoms with Crippen molar-refractivity contribution in [2.24, 2.45) is 0 Å². The zero-order valence-corrected chi connectivity index (χ0v) is 13.1. The van der Waals surface area contributed by atoms with E-state index in [-0.39, 0.29) is 10.6 Å². The fourth-order valence-corrected chi connectivity index (χ4v) is 5.34. The van der Waals surface area contributed by atoms with Crippen LogP contribution in [0.5, 0.6) is 0 Å². The van der Waals surface area contributed by atoms with Gasteiger partial charge in [-0.25, -0.2) is 18.1 Å². The molecule has 0 unspecified atom stereocenters. The molecule has 8 heteroatoms. The van der Waals surface area contributed by atoms with E-state index in [1.807, 2.05) is 12.3 Å². The number of hydrogen-bond donors (Lipinski definition) is 2. The lowest BCUT2D eigenvalue weighted by Crippen LogP contribution is -2.43. The Morgan fingerprint density at radius 3 is 2.75 bits per heavy atom. The van der Waals surface area contributed by atoms with Crippen LogP contribution < -0.4 is 10.0 Å². The third-order valence-electron chi connectivity index (χ3n) is 3.80. The lowest BCUT2D eigenvalue weighted by atomic mass is 10.0. The van der Waals surface area contributed by atoms with E-state index in [1.165, 1.54) is 11.3 Å². The van der Waals surface area contributed by atoms with Crippen molar-refractivity contribution in [1.82, 2.24) is 14.1 Å². The number of hydrogen-bond acceptors (Lipinski definition) is 5. The monoisotopic (exact) mass is 314 g/mol. The molecule has 0 radical (unpaired) electrons. The van der Waals surface area contributed by atoms with E-state index in [2.05, 4.69) is 15.0 Å². The Morgan fingerprint density at radius 2 is 2.10 bits per heavy atom. The Bertz CT molecular complexity index is 726. The second kappa shape index (κ2) is 4.71. The van der Waals surface area contributed by atoms with Crippen molar-refractivity contribution in [2.45, 2.75) is 43.2 Å². The van der Waals surface area contributed by atoms with Gasteiger partial charge < -0.3 is 5.32 Å². The molecule has 2 N–H and O–H groups in total. The number of imidazole rings is 1. The highest BCUT2D eigenvalue weighted by atomic mass is 32.2. The number of fused-ring (bicyclic) bond motifs is 1. The molecule has 1 aliphatic carbocycles. The van der Waals surface area contributed by atoms with Crippen molar-refractivity contribution in [3.05, 3.63) is 11.6 Å². The second-order valence-corrected chi connectivity index (χ2v) is 7.92. The van der Waals surface area contributed by atoms with E-state index in [0.29, 0.717) is 10.8 Å². The molecule has 0 saturated heterocycles. The minimum absolute atomic E-state index is 0.198. The van der Waals surface area contributed by atoms with Gasteiger partial charge in [0.15, 0.2) is 15.8 Å². The van der Waals surface area contributed by atoms with Gasteiger partial charge in [0.25, 0.3) is 10.0 Å². The van der Waals surface area contributed by atoms with Crippen molar-refractivity contribution in [1.29, 1.82) is 0 Å². The summed E-state index contributed by atoms with van der Waals surface area (Å²) in [7, 11) is -1.92. The molecule has 1 saturated carbocycles. The van der Waals surface area contributed by atoms with Crippen LogP contribution in [0.4, 0.5) is 5.82 Å². The van der Waals surface area contributed by atoms with Gasteiger partial charge in [-0.1, -0.05) is 12.8 Å². The number of nitrogens with one attached hydrogen (secondary N) is 2. The first-order valence-electron chi connectivity index (χ1n) is 6.62. The van der Waals surface area contributed by atoms with E-state index in [9.17, 15) is 8.42 Å². The van der Waals surface area contributed by atoms with E-state index >= 15 is 0 Å². The van der Waals surface area contributed by atoms with Crippen molar-refractivity contribution < 1.29 is 8.42 Å². The summed E-state index contributed by atoms with van der Waals surface area (Å²) < 4.78 is 30.0. The predicted octanol–water partition coefficient (Wildman–Crippen LogP) is 2.05. The number of thiazole rings is 1. The molecule has 20 heavy (non-hydrogen) atoms. The number of nitrogens with zero attached hydrogens (tertiary/aromatic N) is 2. The van der Waals surface area contributed by atoms with Crippen LogP contribution in [0, 0.1) is 0 Å². The first kappa shape index (κ1) is 13.8. The third kappa shape index (κ3) is 2.21. The summed E-state index contributed by atoms with van der Waals surface area (Å²) in [6, 6.07) is 0. The van der Waals surface area contributed by atoms with Crippen molar-refractivity contribution >= 4 is 32.1 Å². The van der Waals surface area contributed by atoms with Gasteiger partial charge in [0, 0.05) is 24.2 Å². The maximum absolute atomic E-state index is 12.7. The summed E-state index contributed by atoms with van der Waals surface area (Å²) in [5.74, 6) is 0.394. The molecule has 0 atom stereocenters. The highest BCUT2D eigenvalue weighted by Crippen LogP contribution is 2.32. The van der Waals surface area contributed by atoms with Gasteiger partial charge in [0.1, 0.15) is 0 Å². The van der Waals surface area contributed by atoms with Crippen molar-refractivity contribution in [2.75, 3.05) is 12.4 Å². The molecule has 0 spiro atoms. The van der Waals surface area contributed by atoms with Gasteiger partial charge in [-0.05, 0) is 19.8 Å². The van der Waals surface area contributed by atoms with Crippen LogP contribution in [0.2, 0.25) is 0 Å². The minimum Gasteiger partial charge on any atom is -0.371 e. The molecule has 2 heterocycles. The Kier molecular flexibility index (Phi) is 3.26. The standard InChI is InChI=1S/C12H18N4O2S2/c1-12(5-3-4-6-12)15-20(17,18)10-9(13-2)14-11-16(10)7-8-19-11/h7-8,13,15H,3-6H2,1-2H3. The van der Waals surface area contributed by atoms with Crippen LogP contribution >= 0.6 is 11.3 Å². The number of sulfonamides is 1. The molecule has 1 aliphatic rings. The summed E-state index contributed by atoms with van der Waals surface area (Å²) in [6.45, 7) is 1.97. The molecule has 1 fully saturated rings. The Morgan fingerprint density at radius 1 is 1.40 bits per heavy atom. The predicted molar refractivity (Wildman–Crippen MR) is 79.8 cm³/mol. The second-order valence-electron chi connectivity index (χ2n) is 5.44. The highest BCUT2D eigenvalue weighted by Gasteiger charge is 2.36. The maximum Gasteiger partial charge on any atom is 0.260 e. The third-order valence-corrected chi connectivity index (χ3v) is 6.21. The van der Waals surface area contributed by atoms with Gasteiger partial charge >= 0.3 is 0 Å². The fourth-order valence-electron chi connectivity index (χ4n) is 2.81. The first-order chi connectivity index (χ1) is 9.45. The summed E-state index contributed by atoms with van der Waals surface area (Å²) in [6.07, 6.45) is 5.63. The molecular weight excluding hydrogens is 296 g/mol. The lowest BCUT2D eigenvalue weighted by molar-refractivity contribution is 0.426. The maximum atomic E-state index is 12.7. The number of aromatic nitrogens is 2. The van der Waals surface area contributed by atoms with Crippen molar-refractivity contribution in [3.8, 4) is 0 Å². The van der Waals surface area contributed by atoms with Gasteiger partial charge in [-0.15, -0.1) is 11.3 Å². The number of anilines is 1. The Hall–Kier alpha value is -1.12. The molecule has 6 nitrogen and oxygen atoms in total. The fraction of sp³-hybridized carbons (Fsp3) is 0.583. The van der Waals surface area contributed by atoms with Crippen LogP contribution in [0.15, 0.2) is 16.6 Å². The summed E-state index contributed by atoms with van der Waals surface area (Å²) >= 11 is 1.42. The molecule has 3 rings (SSSR count). The molecule has 2 aromatic heterocycles. The summed E-state index contributed by atoms with van der Waals surface area (Å²) in [5.41, 5.74) is -0.343. The molecule has 0 aliphatic heterocycles. The van der Waals surface area contributed by atoms with Gasteiger partial charge in [0.2, 0.25) is 0 Å². The van der Waals surface area contributed by atoms with Crippen LogP contribution in [-0.4, -0.2) is 30.4 Å². The van der Waals surface area contributed by atoms with Crippen molar-refractivity contribution in [3.63, 3.8) is 0 Å². The van der Waals surface area contributed by atoms with E-state index in [4.69, 9.17) is 0 Å².